The number of anilines is 1. The number of nitrogens with zero attached hydrogens (tertiary/aromatic N) is 2. The number of carbonyl (C=O) groups excluding carboxylic acids is 1. The molecule has 0 aliphatic heterocycles. The van der Waals surface area contributed by atoms with Gasteiger partial charge >= 0.3 is 6.18 Å². The van der Waals surface area contributed by atoms with Gasteiger partial charge in [0.1, 0.15) is 5.95 Å². The second-order valence-electron chi connectivity index (χ2n) is 3.96. The first-order chi connectivity index (χ1) is 9.75. The summed E-state index contributed by atoms with van der Waals surface area (Å²) in [5.74, 6) is -1.46. The van der Waals surface area contributed by atoms with E-state index in [0.717, 1.165) is 23.0 Å². The molecule has 0 saturated heterocycles. The normalized spacial score (nSPS) is 11.4. The van der Waals surface area contributed by atoms with Crippen LogP contribution in [-0.2, 0) is 17.5 Å². The highest BCUT2D eigenvalue weighted by Crippen LogP contribution is 2.33. The van der Waals surface area contributed by atoms with E-state index in [1.165, 1.54) is 0 Å². The van der Waals surface area contributed by atoms with Crippen molar-refractivity contribution in [3.05, 3.63) is 35.0 Å². The molecule has 0 unspecified atom stereocenters. The van der Waals surface area contributed by atoms with Crippen molar-refractivity contribution in [2.45, 2.75) is 12.7 Å². The number of hydrogen-bond acceptors (Lipinski definition) is 4. The molecule has 1 aromatic heterocycles. The standard InChI is InChI=1S/C11H7ClF3N3O3/c12-7-2-1-6(11(13,14)15)3-8(7)16-9(19)4-18-5-10(20)21-17-18/h1-3,5H,4H2,(H-,16,17,19,20). The molecule has 2 aromatic rings. The van der Waals surface area contributed by atoms with E-state index in [0.29, 0.717) is 6.07 Å². The van der Waals surface area contributed by atoms with E-state index in [4.69, 9.17) is 11.6 Å². The molecule has 112 valence electrons. The van der Waals surface area contributed by atoms with Crippen molar-refractivity contribution in [3.63, 3.8) is 0 Å². The summed E-state index contributed by atoms with van der Waals surface area (Å²) in [6.07, 6.45) is -3.63. The maximum atomic E-state index is 12.6. The minimum absolute atomic E-state index is 0.0500. The molecule has 2 rings (SSSR count). The lowest BCUT2D eigenvalue weighted by molar-refractivity contribution is -0.750. The molecule has 1 heterocycles. The minimum Gasteiger partial charge on any atom is -0.539 e. The molecule has 0 bridgehead atoms. The van der Waals surface area contributed by atoms with E-state index in [1.807, 2.05) is 0 Å². The van der Waals surface area contributed by atoms with E-state index in [1.54, 1.807) is 0 Å². The molecule has 0 saturated carbocycles. The van der Waals surface area contributed by atoms with Crippen LogP contribution in [0.5, 0.6) is 5.95 Å². The van der Waals surface area contributed by atoms with Gasteiger partial charge in [0.2, 0.25) is 6.20 Å². The highest BCUT2D eigenvalue weighted by Gasteiger charge is 2.31. The molecule has 1 aromatic carbocycles. The molecule has 21 heavy (non-hydrogen) atoms. The lowest BCUT2D eigenvalue weighted by Gasteiger charge is -2.10. The van der Waals surface area contributed by atoms with E-state index < -0.39 is 30.1 Å². The van der Waals surface area contributed by atoms with Crippen LogP contribution in [0.2, 0.25) is 5.02 Å². The summed E-state index contributed by atoms with van der Waals surface area (Å²) in [5, 5.41) is 16.1. The van der Waals surface area contributed by atoms with Crippen LogP contribution in [-0.4, -0.2) is 11.2 Å². The molecule has 0 aliphatic rings. The Morgan fingerprint density at radius 2 is 2.19 bits per heavy atom. The summed E-state index contributed by atoms with van der Waals surface area (Å²) in [4.78, 5) is 11.6. The lowest BCUT2D eigenvalue weighted by atomic mass is 10.2. The van der Waals surface area contributed by atoms with Gasteiger partial charge in [-0.05, 0) is 18.2 Å². The second kappa shape index (κ2) is 5.60. The fourth-order valence-electron chi connectivity index (χ4n) is 1.47. The molecule has 10 heteroatoms. The average molecular weight is 322 g/mol. The predicted molar refractivity (Wildman–Crippen MR) is 61.2 cm³/mol. The van der Waals surface area contributed by atoms with Crippen LogP contribution in [0.3, 0.4) is 0 Å². The van der Waals surface area contributed by atoms with Gasteiger partial charge in [0, 0.05) is 0 Å². The molecular formula is C11H7ClF3N3O3. The van der Waals surface area contributed by atoms with Crippen molar-refractivity contribution in [1.82, 2.24) is 5.27 Å². The zero-order chi connectivity index (χ0) is 15.6. The molecule has 1 amide bonds. The van der Waals surface area contributed by atoms with E-state index >= 15 is 0 Å². The molecule has 0 aliphatic carbocycles. The summed E-state index contributed by atoms with van der Waals surface area (Å²) >= 11 is 5.72. The topological polar surface area (TPSA) is 82.1 Å². The van der Waals surface area contributed by atoms with Crippen molar-refractivity contribution < 1.29 is 32.3 Å². The second-order valence-corrected chi connectivity index (χ2v) is 4.37. The number of alkyl halides is 3. The first kappa shape index (κ1) is 15.1. The van der Waals surface area contributed by atoms with Crippen molar-refractivity contribution in [2.75, 3.05) is 5.32 Å². The largest absolute Gasteiger partial charge is 0.539 e. The monoisotopic (exact) mass is 321 g/mol. The van der Waals surface area contributed by atoms with Gasteiger partial charge in [-0.2, -0.15) is 13.2 Å². The maximum Gasteiger partial charge on any atom is 0.416 e. The smallest absolute Gasteiger partial charge is 0.416 e. The molecule has 0 spiro atoms. The van der Waals surface area contributed by atoms with E-state index in [9.17, 15) is 23.1 Å². The average Bonchev–Trinajstić information content (AvgIpc) is 2.76. The van der Waals surface area contributed by atoms with Crippen molar-refractivity contribution in [2.24, 2.45) is 0 Å². The van der Waals surface area contributed by atoms with Gasteiger partial charge in [-0.3, -0.25) is 4.79 Å². The van der Waals surface area contributed by atoms with Gasteiger partial charge in [-0.1, -0.05) is 16.3 Å². The Hall–Kier alpha value is -2.29. The fourth-order valence-corrected chi connectivity index (χ4v) is 1.64. The Labute approximate surface area is 120 Å². The maximum absolute atomic E-state index is 12.6. The van der Waals surface area contributed by atoms with Crippen LogP contribution in [0.15, 0.2) is 28.9 Å². The van der Waals surface area contributed by atoms with Gasteiger partial charge in [0.05, 0.1) is 21.5 Å². The Balaban J connectivity index is 2.13. The van der Waals surface area contributed by atoms with Gasteiger partial charge in [-0.25, -0.2) is 0 Å². The van der Waals surface area contributed by atoms with Gasteiger partial charge in [-0.15, -0.1) is 0 Å². The number of aromatic nitrogens is 2. The summed E-state index contributed by atoms with van der Waals surface area (Å²) < 4.78 is 42.8. The molecule has 0 atom stereocenters. The van der Waals surface area contributed by atoms with Crippen LogP contribution in [0.4, 0.5) is 18.9 Å². The van der Waals surface area contributed by atoms with Crippen LogP contribution in [0.25, 0.3) is 0 Å². The van der Waals surface area contributed by atoms with E-state index in [2.05, 4.69) is 15.1 Å². The first-order valence-corrected chi connectivity index (χ1v) is 5.83. The number of rotatable bonds is 3. The Morgan fingerprint density at radius 1 is 1.48 bits per heavy atom. The van der Waals surface area contributed by atoms with E-state index in [-0.39, 0.29) is 10.7 Å². The number of hydrogen-bond donors (Lipinski definition) is 1. The fraction of sp³-hybridized carbons (Fsp3) is 0.182. The number of carbonyl (C=O) groups is 1. The predicted octanol–water partition coefficient (Wildman–Crippen LogP) is 1.35. The summed E-state index contributed by atoms with van der Waals surface area (Å²) in [6, 6.07) is 2.54. The Morgan fingerprint density at radius 3 is 2.76 bits per heavy atom. The molecule has 0 radical (unpaired) electrons. The Bertz CT molecular complexity index is 672. The number of amides is 1. The van der Waals surface area contributed by atoms with Gasteiger partial charge < -0.3 is 14.9 Å². The van der Waals surface area contributed by atoms with Crippen LogP contribution < -0.4 is 15.1 Å². The Kier molecular flexibility index (Phi) is 4.03. The molecule has 1 N–H and O–H groups in total. The van der Waals surface area contributed by atoms with Crippen molar-refractivity contribution >= 4 is 23.2 Å². The molecular weight excluding hydrogens is 315 g/mol. The van der Waals surface area contributed by atoms with Crippen LogP contribution >= 0.6 is 11.6 Å². The number of halogens is 4. The highest BCUT2D eigenvalue weighted by molar-refractivity contribution is 6.33. The molecule has 6 nitrogen and oxygen atoms in total. The van der Waals surface area contributed by atoms with Crippen molar-refractivity contribution in [3.8, 4) is 5.95 Å². The van der Waals surface area contributed by atoms with Crippen LogP contribution in [0, 0.1) is 0 Å². The summed E-state index contributed by atoms with van der Waals surface area (Å²) in [5.41, 5.74) is -1.14. The summed E-state index contributed by atoms with van der Waals surface area (Å²) in [6.45, 7) is -0.404. The highest BCUT2D eigenvalue weighted by atomic mass is 35.5. The third-order valence-corrected chi connectivity index (χ3v) is 2.69. The summed E-state index contributed by atoms with van der Waals surface area (Å²) in [7, 11) is 0. The zero-order valence-electron chi connectivity index (χ0n) is 10.1. The number of benzene rings is 1. The third kappa shape index (κ3) is 3.85. The SMILES string of the molecule is O=C(C[n+]1cc([O-])on1)Nc1cc(C(F)(F)F)ccc1Cl. The third-order valence-electron chi connectivity index (χ3n) is 2.36. The zero-order valence-corrected chi connectivity index (χ0v) is 10.9. The lowest BCUT2D eigenvalue weighted by Crippen LogP contribution is -2.41. The van der Waals surface area contributed by atoms with Crippen LogP contribution in [0.1, 0.15) is 5.56 Å². The van der Waals surface area contributed by atoms with Gasteiger partial charge in [0.25, 0.3) is 12.5 Å². The van der Waals surface area contributed by atoms with Crippen molar-refractivity contribution in [1.29, 1.82) is 0 Å². The number of nitrogens with one attached hydrogen (secondary N) is 1. The minimum atomic E-state index is -4.55. The quantitative estimate of drug-likeness (QED) is 0.865. The van der Waals surface area contributed by atoms with Gasteiger partial charge in [0.15, 0.2) is 0 Å². The first-order valence-electron chi connectivity index (χ1n) is 5.46. The molecule has 0 fully saturated rings.